The summed E-state index contributed by atoms with van der Waals surface area (Å²) in [6, 6.07) is 0. The molecular formula is C6H14N2O4. The molecule has 0 saturated heterocycles. The van der Waals surface area contributed by atoms with Gasteiger partial charge in [-0.15, -0.1) is 0 Å². The van der Waals surface area contributed by atoms with Crippen LogP contribution in [0.25, 0.3) is 0 Å². The Morgan fingerprint density at radius 3 is 2.50 bits per heavy atom. The SMILES string of the molecule is CC(CO)C(O)NC(N)C(=O)O. The van der Waals surface area contributed by atoms with Crippen LogP contribution >= 0.6 is 0 Å². The van der Waals surface area contributed by atoms with Crippen LogP contribution in [0.2, 0.25) is 0 Å². The second-order valence-corrected chi connectivity index (χ2v) is 2.59. The van der Waals surface area contributed by atoms with Gasteiger partial charge in [0.05, 0.1) is 0 Å². The molecule has 12 heavy (non-hydrogen) atoms. The lowest BCUT2D eigenvalue weighted by molar-refractivity contribution is -0.140. The van der Waals surface area contributed by atoms with Crippen LogP contribution in [-0.2, 0) is 4.79 Å². The highest BCUT2D eigenvalue weighted by Crippen LogP contribution is 1.97. The van der Waals surface area contributed by atoms with E-state index >= 15 is 0 Å². The number of hydrogen-bond donors (Lipinski definition) is 5. The smallest absolute Gasteiger partial charge is 0.335 e. The molecule has 0 spiro atoms. The number of aliphatic hydroxyl groups excluding tert-OH is 2. The maximum absolute atomic E-state index is 10.2. The molecule has 0 radical (unpaired) electrons. The fraction of sp³-hybridized carbons (Fsp3) is 0.833. The van der Waals surface area contributed by atoms with E-state index in [0.29, 0.717) is 0 Å². The molecule has 72 valence electrons. The maximum atomic E-state index is 10.2. The summed E-state index contributed by atoms with van der Waals surface area (Å²) in [6.45, 7) is 1.33. The summed E-state index contributed by atoms with van der Waals surface area (Å²) in [6.07, 6.45) is -2.42. The third-order valence-electron chi connectivity index (χ3n) is 1.44. The molecule has 6 nitrogen and oxygen atoms in total. The summed E-state index contributed by atoms with van der Waals surface area (Å²) < 4.78 is 0. The van der Waals surface area contributed by atoms with Gasteiger partial charge in [0, 0.05) is 12.5 Å². The van der Waals surface area contributed by atoms with Gasteiger partial charge in [-0.1, -0.05) is 6.92 Å². The summed E-state index contributed by atoms with van der Waals surface area (Å²) in [5.41, 5.74) is 5.06. The van der Waals surface area contributed by atoms with Crippen molar-refractivity contribution in [2.75, 3.05) is 6.61 Å². The number of aliphatic hydroxyl groups is 2. The number of carboxylic acids is 1. The third kappa shape index (κ3) is 3.63. The van der Waals surface area contributed by atoms with E-state index in [0.717, 1.165) is 0 Å². The zero-order chi connectivity index (χ0) is 9.72. The normalized spacial score (nSPS) is 18.3. The number of hydrogen-bond acceptors (Lipinski definition) is 5. The van der Waals surface area contributed by atoms with Crippen LogP contribution in [0.1, 0.15) is 6.92 Å². The highest BCUT2D eigenvalue weighted by Gasteiger charge is 2.19. The van der Waals surface area contributed by atoms with Crippen molar-refractivity contribution in [3.8, 4) is 0 Å². The first-order valence-electron chi connectivity index (χ1n) is 3.52. The van der Waals surface area contributed by atoms with Gasteiger partial charge in [0.15, 0.2) is 6.17 Å². The van der Waals surface area contributed by atoms with E-state index in [2.05, 4.69) is 5.32 Å². The van der Waals surface area contributed by atoms with Crippen LogP contribution < -0.4 is 11.1 Å². The van der Waals surface area contributed by atoms with Crippen LogP contribution in [0.4, 0.5) is 0 Å². The second-order valence-electron chi connectivity index (χ2n) is 2.59. The van der Waals surface area contributed by atoms with Crippen molar-refractivity contribution in [2.24, 2.45) is 11.7 Å². The summed E-state index contributed by atoms with van der Waals surface area (Å²) in [7, 11) is 0. The molecule has 0 rings (SSSR count). The van der Waals surface area contributed by atoms with Gasteiger partial charge in [-0.2, -0.15) is 0 Å². The van der Waals surface area contributed by atoms with Crippen LogP contribution in [0.3, 0.4) is 0 Å². The third-order valence-corrected chi connectivity index (χ3v) is 1.44. The fourth-order valence-electron chi connectivity index (χ4n) is 0.519. The zero-order valence-electron chi connectivity index (χ0n) is 6.77. The average molecular weight is 178 g/mol. The minimum atomic E-state index is -1.31. The van der Waals surface area contributed by atoms with Crippen molar-refractivity contribution >= 4 is 5.97 Å². The van der Waals surface area contributed by atoms with Gasteiger partial charge in [0.1, 0.15) is 6.23 Å². The molecule has 0 aromatic carbocycles. The maximum Gasteiger partial charge on any atom is 0.335 e. The molecule has 6 N–H and O–H groups in total. The van der Waals surface area contributed by atoms with Crippen molar-refractivity contribution in [1.82, 2.24) is 5.32 Å². The van der Waals surface area contributed by atoms with E-state index in [-0.39, 0.29) is 6.61 Å². The predicted molar refractivity (Wildman–Crippen MR) is 41.0 cm³/mol. The molecule has 0 heterocycles. The molecular weight excluding hydrogens is 164 g/mol. The largest absolute Gasteiger partial charge is 0.479 e. The Kier molecular flexibility index (Phi) is 4.75. The van der Waals surface area contributed by atoms with Gasteiger partial charge in [0.25, 0.3) is 0 Å². The van der Waals surface area contributed by atoms with E-state index < -0.39 is 24.3 Å². The van der Waals surface area contributed by atoms with Crippen LogP contribution in [0.5, 0.6) is 0 Å². The molecule has 6 heteroatoms. The molecule has 0 amide bonds. The van der Waals surface area contributed by atoms with Gasteiger partial charge in [0.2, 0.25) is 0 Å². The number of rotatable bonds is 5. The van der Waals surface area contributed by atoms with E-state index in [1.54, 1.807) is 6.92 Å². The Bertz CT molecular complexity index is 152. The summed E-state index contributed by atoms with van der Waals surface area (Å²) in [4.78, 5) is 10.2. The molecule has 0 bridgehead atoms. The summed E-state index contributed by atoms with van der Waals surface area (Å²) in [5, 5.41) is 28.2. The average Bonchev–Trinajstić information content (AvgIpc) is 2.02. The second kappa shape index (κ2) is 5.04. The van der Waals surface area contributed by atoms with Crippen molar-refractivity contribution in [3.05, 3.63) is 0 Å². The van der Waals surface area contributed by atoms with E-state index in [1.165, 1.54) is 0 Å². The highest BCUT2D eigenvalue weighted by atomic mass is 16.4. The van der Waals surface area contributed by atoms with Crippen LogP contribution in [0.15, 0.2) is 0 Å². The molecule has 0 aromatic heterocycles. The number of aliphatic carboxylic acids is 1. The van der Waals surface area contributed by atoms with Gasteiger partial charge in [-0.3, -0.25) is 5.32 Å². The van der Waals surface area contributed by atoms with Crippen LogP contribution in [-0.4, -0.2) is 40.3 Å². The van der Waals surface area contributed by atoms with E-state index in [9.17, 15) is 4.79 Å². The Morgan fingerprint density at radius 2 is 2.17 bits per heavy atom. The van der Waals surface area contributed by atoms with Crippen molar-refractivity contribution in [3.63, 3.8) is 0 Å². The molecule has 3 unspecified atom stereocenters. The Labute approximate surface area is 70.0 Å². The first-order valence-corrected chi connectivity index (χ1v) is 3.52. The lowest BCUT2D eigenvalue weighted by atomic mass is 10.1. The van der Waals surface area contributed by atoms with Crippen molar-refractivity contribution in [1.29, 1.82) is 0 Å². The quantitative estimate of drug-likeness (QED) is 0.308. The topological polar surface area (TPSA) is 116 Å². The summed E-state index contributed by atoms with van der Waals surface area (Å²) >= 11 is 0. The lowest BCUT2D eigenvalue weighted by Gasteiger charge is -2.20. The number of nitrogens with two attached hydrogens (primary N) is 1. The molecule has 0 aliphatic carbocycles. The first-order chi connectivity index (χ1) is 5.49. The lowest BCUT2D eigenvalue weighted by Crippen LogP contribution is -2.51. The monoisotopic (exact) mass is 178 g/mol. The Morgan fingerprint density at radius 1 is 1.67 bits per heavy atom. The molecule has 0 aliphatic rings. The molecule has 3 atom stereocenters. The van der Waals surface area contributed by atoms with Gasteiger partial charge < -0.3 is 21.1 Å². The molecule has 0 saturated carbocycles. The first kappa shape index (κ1) is 11.3. The van der Waals surface area contributed by atoms with Crippen LogP contribution in [0, 0.1) is 5.92 Å². The zero-order valence-corrected chi connectivity index (χ0v) is 6.77. The van der Waals surface area contributed by atoms with Gasteiger partial charge >= 0.3 is 5.97 Å². The predicted octanol–water partition coefficient (Wildman–Crippen LogP) is -2.11. The number of nitrogens with one attached hydrogen (secondary N) is 1. The molecule has 0 aromatic rings. The van der Waals surface area contributed by atoms with Gasteiger partial charge in [-0.05, 0) is 0 Å². The minimum absolute atomic E-state index is 0.236. The van der Waals surface area contributed by atoms with Crippen molar-refractivity contribution < 1.29 is 20.1 Å². The van der Waals surface area contributed by atoms with Gasteiger partial charge in [-0.25, -0.2) is 4.79 Å². The summed E-state index contributed by atoms with van der Waals surface area (Å²) in [5.74, 6) is -1.70. The number of carbonyl (C=O) groups is 1. The standard InChI is InChI=1S/C6H14N2O4/c1-3(2-9)5(10)8-4(7)6(11)12/h3-5,8-10H,2,7H2,1H3,(H,11,12). The Hall–Kier alpha value is -0.690. The minimum Gasteiger partial charge on any atom is -0.479 e. The molecule has 0 fully saturated rings. The van der Waals surface area contributed by atoms with Crippen molar-refractivity contribution in [2.45, 2.75) is 19.3 Å². The molecule has 0 aliphatic heterocycles. The van der Waals surface area contributed by atoms with E-state index in [1.807, 2.05) is 0 Å². The van der Waals surface area contributed by atoms with E-state index in [4.69, 9.17) is 21.1 Å². The number of carboxylic acid groups (broad SMARTS) is 1. The Balaban J connectivity index is 3.83. The fourth-order valence-corrected chi connectivity index (χ4v) is 0.519. The highest BCUT2D eigenvalue weighted by molar-refractivity contribution is 5.72.